The molecule has 1 aliphatic heterocycles. The van der Waals surface area contributed by atoms with Gasteiger partial charge in [-0.25, -0.2) is 4.98 Å². The topological polar surface area (TPSA) is 49.8 Å². The molecule has 1 fully saturated rings. The molecule has 6 heteroatoms. The fourth-order valence-corrected chi connectivity index (χ4v) is 3.28. The van der Waals surface area contributed by atoms with Crippen molar-refractivity contribution in [2.24, 2.45) is 10.9 Å². The highest BCUT2D eigenvalue weighted by molar-refractivity contribution is 7.11. The van der Waals surface area contributed by atoms with Crippen LogP contribution in [0.3, 0.4) is 0 Å². The van der Waals surface area contributed by atoms with E-state index >= 15 is 0 Å². The molecule has 0 aliphatic carbocycles. The van der Waals surface area contributed by atoms with Gasteiger partial charge in [-0.3, -0.25) is 4.99 Å². The Bertz CT molecular complexity index is 446. The van der Waals surface area contributed by atoms with Crippen LogP contribution >= 0.6 is 11.3 Å². The van der Waals surface area contributed by atoms with Crippen LogP contribution in [0.2, 0.25) is 0 Å². The van der Waals surface area contributed by atoms with Gasteiger partial charge >= 0.3 is 0 Å². The highest BCUT2D eigenvalue weighted by atomic mass is 32.1. The third-order valence-electron chi connectivity index (χ3n) is 3.55. The summed E-state index contributed by atoms with van der Waals surface area (Å²) >= 11 is 1.77. The molecule has 20 heavy (non-hydrogen) atoms. The molecule has 0 aromatic carbocycles. The first-order chi connectivity index (χ1) is 9.76. The average molecular weight is 296 g/mol. The van der Waals surface area contributed by atoms with E-state index in [4.69, 9.17) is 4.74 Å². The number of nitrogens with one attached hydrogen (secondary N) is 1. The van der Waals surface area contributed by atoms with Gasteiger partial charge in [0.15, 0.2) is 5.96 Å². The maximum Gasteiger partial charge on any atom is 0.194 e. The van der Waals surface area contributed by atoms with E-state index in [0.29, 0.717) is 5.92 Å². The zero-order valence-corrected chi connectivity index (χ0v) is 13.4. The first-order valence-electron chi connectivity index (χ1n) is 7.15. The highest BCUT2D eigenvalue weighted by Crippen LogP contribution is 2.17. The number of likely N-dealkylation sites (tertiary alicyclic amines) is 1. The number of aliphatic imine (C=N–C) groups is 1. The van der Waals surface area contributed by atoms with Crippen LogP contribution in [-0.4, -0.2) is 49.7 Å². The van der Waals surface area contributed by atoms with Crippen molar-refractivity contribution in [3.8, 4) is 0 Å². The van der Waals surface area contributed by atoms with E-state index in [2.05, 4.69) is 27.1 Å². The fourth-order valence-electron chi connectivity index (χ4n) is 2.48. The maximum absolute atomic E-state index is 5.24. The lowest BCUT2D eigenvalue weighted by molar-refractivity contribution is 0.157. The van der Waals surface area contributed by atoms with Gasteiger partial charge in [0.05, 0.1) is 13.2 Å². The van der Waals surface area contributed by atoms with Crippen molar-refractivity contribution in [1.82, 2.24) is 15.2 Å². The summed E-state index contributed by atoms with van der Waals surface area (Å²) in [6.07, 6.45) is 4.19. The van der Waals surface area contributed by atoms with Crippen molar-refractivity contribution in [3.05, 3.63) is 16.1 Å². The molecular formula is C14H24N4OS. The smallest absolute Gasteiger partial charge is 0.194 e. The Kier molecular flexibility index (Phi) is 5.79. The molecule has 0 bridgehead atoms. The lowest BCUT2D eigenvalue weighted by Crippen LogP contribution is -2.39. The molecule has 112 valence electrons. The number of guanidine groups is 1. The Labute approximate surface area is 125 Å². The molecule has 1 N–H and O–H groups in total. The minimum absolute atomic E-state index is 0.616. The van der Waals surface area contributed by atoms with Crippen molar-refractivity contribution < 1.29 is 4.74 Å². The normalized spacial score (nSPS) is 19.6. The maximum atomic E-state index is 5.24. The lowest BCUT2D eigenvalue weighted by Gasteiger charge is -2.21. The average Bonchev–Trinajstić information content (AvgIpc) is 3.09. The van der Waals surface area contributed by atoms with Crippen molar-refractivity contribution in [3.63, 3.8) is 0 Å². The second kappa shape index (κ2) is 7.59. The molecule has 0 spiro atoms. The van der Waals surface area contributed by atoms with Crippen LogP contribution in [0.5, 0.6) is 0 Å². The fraction of sp³-hybridized carbons (Fsp3) is 0.714. The molecule has 0 saturated carbocycles. The SMILES string of the molecule is CCc1cnc(CNC(=NC)N2CCC(COC)C2)s1. The van der Waals surface area contributed by atoms with Crippen molar-refractivity contribution >= 4 is 17.3 Å². The predicted octanol–water partition coefficient (Wildman–Crippen LogP) is 1.75. The van der Waals surface area contributed by atoms with E-state index in [-0.39, 0.29) is 0 Å². The number of ether oxygens (including phenoxy) is 1. The molecule has 1 aromatic heterocycles. The van der Waals surface area contributed by atoms with Crippen LogP contribution < -0.4 is 5.32 Å². The van der Waals surface area contributed by atoms with Crippen LogP contribution in [0, 0.1) is 5.92 Å². The summed E-state index contributed by atoms with van der Waals surface area (Å²) in [6.45, 7) is 5.81. The Morgan fingerprint density at radius 3 is 3.15 bits per heavy atom. The Morgan fingerprint density at radius 1 is 1.65 bits per heavy atom. The molecule has 1 aliphatic rings. The summed E-state index contributed by atoms with van der Waals surface area (Å²) in [5.41, 5.74) is 0. The summed E-state index contributed by atoms with van der Waals surface area (Å²) in [5, 5.41) is 4.53. The molecule has 1 unspecified atom stereocenters. The molecule has 1 aromatic rings. The quantitative estimate of drug-likeness (QED) is 0.664. The van der Waals surface area contributed by atoms with Crippen molar-refractivity contribution in [2.45, 2.75) is 26.3 Å². The minimum Gasteiger partial charge on any atom is -0.384 e. The number of aromatic nitrogens is 1. The number of hydrogen-bond acceptors (Lipinski definition) is 4. The van der Waals surface area contributed by atoms with Crippen molar-refractivity contribution in [2.75, 3.05) is 33.9 Å². The largest absolute Gasteiger partial charge is 0.384 e. The number of thiazole rings is 1. The van der Waals surface area contributed by atoms with E-state index in [1.54, 1.807) is 18.4 Å². The van der Waals surface area contributed by atoms with Gasteiger partial charge in [-0.2, -0.15) is 0 Å². The van der Waals surface area contributed by atoms with Gasteiger partial charge in [0.2, 0.25) is 0 Å². The van der Waals surface area contributed by atoms with E-state index in [1.165, 1.54) is 11.3 Å². The second-order valence-electron chi connectivity index (χ2n) is 5.03. The highest BCUT2D eigenvalue weighted by Gasteiger charge is 2.24. The first-order valence-corrected chi connectivity index (χ1v) is 7.96. The zero-order chi connectivity index (χ0) is 14.4. The lowest BCUT2D eigenvalue weighted by atomic mass is 10.1. The van der Waals surface area contributed by atoms with E-state index in [1.807, 2.05) is 13.2 Å². The van der Waals surface area contributed by atoms with Crippen LogP contribution in [0.4, 0.5) is 0 Å². The summed E-state index contributed by atoms with van der Waals surface area (Å²) in [6, 6.07) is 0. The Morgan fingerprint density at radius 2 is 2.50 bits per heavy atom. The van der Waals surface area contributed by atoms with Gasteiger partial charge in [-0.1, -0.05) is 6.92 Å². The molecule has 1 saturated heterocycles. The molecule has 2 heterocycles. The number of methoxy groups -OCH3 is 1. The predicted molar refractivity (Wildman–Crippen MR) is 83.2 cm³/mol. The van der Waals surface area contributed by atoms with Gasteiger partial charge in [-0.15, -0.1) is 11.3 Å². The standard InChI is InChI=1S/C14H24N4OS/c1-4-12-7-16-13(20-12)8-17-14(15-2)18-6-5-11(9-18)10-19-3/h7,11H,4-6,8-10H2,1-3H3,(H,15,17). The summed E-state index contributed by atoms with van der Waals surface area (Å²) < 4.78 is 5.24. The van der Waals surface area contributed by atoms with Gasteiger partial charge in [0, 0.05) is 44.2 Å². The van der Waals surface area contributed by atoms with E-state index in [9.17, 15) is 0 Å². The summed E-state index contributed by atoms with van der Waals surface area (Å²) in [5.74, 6) is 1.59. The van der Waals surface area contributed by atoms with Gasteiger partial charge in [-0.05, 0) is 12.8 Å². The number of nitrogens with zero attached hydrogens (tertiary/aromatic N) is 3. The summed E-state index contributed by atoms with van der Waals surface area (Å²) in [4.78, 5) is 12.4. The van der Waals surface area contributed by atoms with Crippen LogP contribution in [-0.2, 0) is 17.7 Å². The molecular weight excluding hydrogens is 272 g/mol. The van der Waals surface area contributed by atoms with Crippen LogP contribution in [0.25, 0.3) is 0 Å². The van der Waals surface area contributed by atoms with Gasteiger partial charge in [0.25, 0.3) is 0 Å². The van der Waals surface area contributed by atoms with Gasteiger partial charge in [0.1, 0.15) is 5.01 Å². The van der Waals surface area contributed by atoms with Crippen LogP contribution in [0.1, 0.15) is 23.2 Å². The molecule has 1 atom stereocenters. The van der Waals surface area contributed by atoms with Gasteiger partial charge < -0.3 is 15.0 Å². The number of hydrogen-bond donors (Lipinski definition) is 1. The summed E-state index contributed by atoms with van der Waals surface area (Å²) in [7, 11) is 3.61. The first kappa shape index (κ1) is 15.3. The molecule has 2 rings (SSSR count). The molecule has 0 radical (unpaired) electrons. The third-order valence-corrected chi connectivity index (χ3v) is 4.69. The number of aryl methyl sites for hydroxylation is 1. The van der Waals surface area contributed by atoms with E-state index < -0.39 is 0 Å². The minimum atomic E-state index is 0.616. The second-order valence-corrected chi connectivity index (χ2v) is 6.23. The molecule has 0 amide bonds. The van der Waals surface area contributed by atoms with Crippen LogP contribution in [0.15, 0.2) is 11.2 Å². The Balaban J connectivity index is 1.84. The van der Waals surface area contributed by atoms with E-state index in [0.717, 1.165) is 43.6 Å². The third kappa shape index (κ3) is 3.93. The number of rotatable bonds is 5. The van der Waals surface area contributed by atoms with Crippen molar-refractivity contribution in [1.29, 1.82) is 0 Å². The monoisotopic (exact) mass is 296 g/mol. The Hall–Kier alpha value is -1.14. The zero-order valence-electron chi connectivity index (χ0n) is 12.6. The molecule has 5 nitrogen and oxygen atoms in total.